The van der Waals surface area contributed by atoms with Crippen molar-refractivity contribution < 1.29 is 20.4 Å². The van der Waals surface area contributed by atoms with Gasteiger partial charge in [0.1, 0.15) is 0 Å². The van der Waals surface area contributed by atoms with Crippen LogP contribution in [-0.2, 0) is 0 Å². The molecule has 0 radical (unpaired) electrons. The van der Waals surface area contributed by atoms with Gasteiger partial charge in [0.15, 0.2) is 0 Å². The van der Waals surface area contributed by atoms with E-state index in [0.717, 1.165) is 14.2 Å². The first kappa shape index (κ1) is 19.4. The molecule has 0 saturated carbocycles. The Labute approximate surface area is 85.2 Å². The van der Waals surface area contributed by atoms with Crippen molar-refractivity contribution in [2.75, 3.05) is 27.3 Å². The molecule has 0 fully saturated rings. The van der Waals surface area contributed by atoms with Crippen LogP contribution in [0, 0.1) is 0 Å². The quantitative estimate of drug-likeness (QED) is 0.301. The van der Waals surface area contributed by atoms with Crippen LogP contribution < -0.4 is 11.5 Å². The van der Waals surface area contributed by atoms with Crippen LogP contribution in [0.1, 0.15) is 12.8 Å². The van der Waals surface area contributed by atoms with E-state index in [1.54, 1.807) is 0 Å². The van der Waals surface area contributed by atoms with Gasteiger partial charge in [0.05, 0.1) is 12.2 Å². The Morgan fingerprint density at radius 1 is 0.786 bits per heavy atom. The molecular formula is C8H24N2O4. The predicted molar refractivity (Wildman–Crippen MR) is 55.6 cm³/mol. The number of rotatable bonds is 5. The van der Waals surface area contributed by atoms with E-state index in [1.165, 1.54) is 0 Å². The molecule has 0 amide bonds. The van der Waals surface area contributed by atoms with Crippen LogP contribution in [0.4, 0.5) is 0 Å². The van der Waals surface area contributed by atoms with E-state index >= 15 is 0 Å². The van der Waals surface area contributed by atoms with Crippen molar-refractivity contribution in [3.05, 3.63) is 0 Å². The zero-order chi connectivity index (χ0) is 12.0. The molecule has 0 aromatic carbocycles. The van der Waals surface area contributed by atoms with Crippen LogP contribution >= 0.6 is 0 Å². The van der Waals surface area contributed by atoms with E-state index in [1.807, 2.05) is 0 Å². The average Bonchev–Trinajstić information content (AvgIpc) is 2.24. The molecule has 0 spiro atoms. The van der Waals surface area contributed by atoms with E-state index in [2.05, 4.69) is 0 Å². The Kier molecular flexibility index (Phi) is 25.6. The van der Waals surface area contributed by atoms with Gasteiger partial charge in [0.25, 0.3) is 0 Å². The van der Waals surface area contributed by atoms with Gasteiger partial charge in [0, 0.05) is 14.2 Å². The molecule has 0 saturated heterocycles. The summed E-state index contributed by atoms with van der Waals surface area (Å²) in [6.45, 7) is 0.783. The van der Waals surface area contributed by atoms with Crippen molar-refractivity contribution in [3.8, 4) is 0 Å². The third-order valence-corrected chi connectivity index (χ3v) is 1.37. The second-order valence-electron chi connectivity index (χ2n) is 2.29. The summed E-state index contributed by atoms with van der Waals surface area (Å²) < 4.78 is 0. The molecule has 90 valence electrons. The van der Waals surface area contributed by atoms with E-state index in [0.29, 0.717) is 25.9 Å². The van der Waals surface area contributed by atoms with Gasteiger partial charge in [0.2, 0.25) is 0 Å². The largest absolute Gasteiger partial charge is 0.400 e. The standard InChI is InChI=1S/C6H16N2O2.2CH4O/c7-3-1-5(9)6(10)2-4-8;2*1-2/h5-6,9-10H,1-4,7-8H2;2*2H,1H3. The number of hydrogen-bond donors (Lipinski definition) is 6. The van der Waals surface area contributed by atoms with Crippen LogP contribution in [0.2, 0.25) is 0 Å². The zero-order valence-corrected chi connectivity index (χ0v) is 8.93. The van der Waals surface area contributed by atoms with Crippen LogP contribution in [0.5, 0.6) is 0 Å². The molecule has 0 bridgehead atoms. The van der Waals surface area contributed by atoms with E-state index in [4.69, 9.17) is 31.9 Å². The summed E-state index contributed by atoms with van der Waals surface area (Å²) in [5.41, 5.74) is 10.3. The fraction of sp³-hybridized carbons (Fsp3) is 1.00. The summed E-state index contributed by atoms with van der Waals surface area (Å²) in [5, 5.41) is 32.1. The molecule has 2 unspecified atom stereocenters. The summed E-state index contributed by atoms with van der Waals surface area (Å²) in [6, 6.07) is 0. The minimum Gasteiger partial charge on any atom is -0.400 e. The van der Waals surface area contributed by atoms with Crippen LogP contribution in [-0.4, -0.2) is 59.9 Å². The molecule has 0 aliphatic rings. The molecule has 0 rings (SSSR count). The highest BCUT2D eigenvalue weighted by atomic mass is 16.3. The molecule has 0 aliphatic carbocycles. The Hall–Kier alpha value is -0.240. The Bertz CT molecular complexity index is 75.7. The number of nitrogens with two attached hydrogens (primary N) is 2. The maximum absolute atomic E-state index is 9.06. The van der Waals surface area contributed by atoms with Gasteiger partial charge in [-0.3, -0.25) is 0 Å². The maximum Gasteiger partial charge on any atom is 0.0811 e. The topological polar surface area (TPSA) is 133 Å². The lowest BCUT2D eigenvalue weighted by molar-refractivity contribution is 0.0129. The van der Waals surface area contributed by atoms with Crippen LogP contribution in [0.3, 0.4) is 0 Å². The zero-order valence-electron chi connectivity index (χ0n) is 8.93. The van der Waals surface area contributed by atoms with Crippen molar-refractivity contribution in [3.63, 3.8) is 0 Å². The predicted octanol–water partition coefficient (Wildman–Crippen LogP) is -2.38. The van der Waals surface area contributed by atoms with Gasteiger partial charge < -0.3 is 31.9 Å². The summed E-state index contributed by atoms with van der Waals surface area (Å²) in [7, 11) is 2.00. The van der Waals surface area contributed by atoms with Gasteiger partial charge in [-0.15, -0.1) is 0 Å². The lowest BCUT2D eigenvalue weighted by atomic mass is 10.1. The molecule has 6 nitrogen and oxygen atoms in total. The fourth-order valence-electron chi connectivity index (χ4n) is 0.726. The SMILES string of the molecule is CO.CO.NCCC(O)C(O)CCN. The fourth-order valence-corrected chi connectivity index (χ4v) is 0.726. The monoisotopic (exact) mass is 212 g/mol. The molecule has 0 aromatic rings. The van der Waals surface area contributed by atoms with E-state index < -0.39 is 12.2 Å². The first-order valence-electron chi connectivity index (χ1n) is 4.38. The summed E-state index contributed by atoms with van der Waals surface area (Å²) in [6.07, 6.45) is -0.565. The van der Waals surface area contributed by atoms with Crippen molar-refractivity contribution in [1.82, 2.24) is 0 Å². The lowest BCUT2D eigenvalue weighted by Gasteiger charge is -2.15. The van der Waals surface area contributed by atoms with E-state index in [-0.39, 0.29) is 0 Å². The molecule has 6 heteroatoms. The molecule has 8 N–H and O–H groups in total. The summed E-state index contributed by atoms with van der Waals surface area (Å²) >= 11 is 0. The van der Waals surface area contributed by atoms with Crippen molar-refractivity contribution >= 4 is 0 Å². The van der Waals surface area contributed by atoms with Gasteiger partial charge in [-0.2, -0.15) is 0 Å². The number of hydrogen-bond acceptors (Lipinski definition) is 6. The van der Waals surface area contributed by atoms with Gasteiger partial charge in [-0.25, -0.2) is 0 Å². The summed E-state index contributed by atoms with van der Waals surface area (Å²) in [5.74, 6) is 0. The minimum absolute atomic E-state index is 0.392. The van der Waals surface area contributed by atoms with Gasteiger partial charge >= 0.3 is 0 Å². The Balaban J connectivity index is -0.000000266. The highest BCUT2D eigenvalue weighted by Gasteiger charge is 2.13. The lowest BCUT2D eigenvalue weighted by Crippen LogP contribution is -2.30. The van der Waals surface area contributed by atoms with E-state index in [9.17, 15) is 0 Å². The minimum atomic E-state index is -0.714. The smallest absolute Gasteiger partial charge is 0.0811 e. The van der Waals surface area contributed by atoms with Crippen LogP contribution in [0.15, 0.2) is 0 Å². The third-order valence-electron chi connectivity index (χ3n) is 1.37. The molecule has 0 heterocycles. The Morgan fingerprint density at radius 2 is 1.00 bits per heavy atom. The van der Waals surface area contributed by atoms with Gasteiger partial charge in [-0.1, -0.05) is 0 Å². The first-order valence-corrected chi connectivity index (χ1v) is 4.38. The molecule has 14 heavy (non-hydrogen) atoms. The molecule has 0 aliphatic heterocycles. The molecule has 0 aromatic heterocycles. The number of aliphatic hydroxyl groups is 4. The third kappa shape index (κ3) is 14.3. The van der Waals surface area contributed by atoms with Crippen LogP contribution in [0.25, 0.3) is 0 Å². The highest BCUT2D eigenvalue weighted by molar-refractivity contribution is 4.67. The van der Waals surface area contributed by atoms with Crippen molar-refractivity contribution in [2.24, 2.45) is 11.5 Å². The first-order chi connectivity index (χ1) is 6.72. The summed E-state index contributed by atoms with van der Waals surface area (Å²) in [4.78, 5) is 0. The molecular weight excluding hydrogens is 188 g/mol. The number of aliphatic hydroxyl groups excluding tert-OH is 4. The van der Waals surface area contributed by atoms with Crippen molar-refractivity contribution in [2.45, 2.75) is 25.0 Å². The maximum atomic E-state index is 9.06. The Morgan fingerprint density at radius 3 is 1.14 bits per heavy atom. The average molecular weight is 212 g/mol. The second-order valence-corrected chi connectivity index (χ2v) is 2.29. The van der Waals surface area contributed by atoms with Gasteiger partial charge in [-0.05, 0) is 25.9 Å². The normalized spacial score (nSPS) is 12.9. The second kappa shape index (κ2) is 18.5. The highest BCUT2D eigenvalue weighted by Crippen LogP contribution is 2.00. The van der Waals surface area contributed by atoms with Crippen molar-refractivity contribution in [1.29, 1.82) is 0 Å². The molecule has 2 atom stereocenters.